The Hall–Kier alpha value is -4.17. The number of rotatable bonds is 6. The molecule has 0 aromatic carbocycles. The number of carbonyl (C=O) groups is 3. The molecule has 3 heterocycles. The minimum atomic E-state index is -4.86. The summed E-state index contributed by atoms with van der Waals surface area (Å²) in [5, 5.41) is 16.3. The molecule has 3 amide bonds. The molecule has 0 radical (unpaired) electrons. The van der Waals surface area contributed by atoms with Crippen molar-refractivity contribution in [3.05, 3.63) is 23.7 Å². The van der Waals surface area contributed by atoms with Crippen LogP contribution in [0.15, 0.2) is 12.4 Å². The van der Waals surface area contributed by atoms with Gasteiger partial charge in [-0.2, -0.15) is 23.5 Å². The van der Waals surface area contributed by atoms with E-state index >= 15 is 0 Å². The minimum absolute atomic E-state index is 0.0246. The Bertz CT molecular complexity index is 1280. The molecule has 1 saturated heterocycles. The van der Waals surface area contributed by atoms with Crippen LogP contribution in [0.4, 0.5) is 13.2 Å². The first-order valence-electron chi connectivity index (χ1n) is 13.1. The van der Waals surface area contributed by atoms with Gasteiger partial charge in [-0.05, 0) is 24.2 Å². The maximum Gasteiger partial charge on any atom is 0.470 e. The van der Waals surface area contributed by atoms with E-state index in [0.717, 1.165) is 13.1 Å². The number of likely N-dealkylation sites (tertiary alicyclic amines) is 1. The minimum Gasteiger partial charge on any atom is -0.381 e. The van der Waals surface area contributed by atoms with Gasteiger partial charge in [-0.25, -0.2) is 0 Å². The number of nitriles is 1. The van der Waals surface area contributed by atoms with Crippen LogP contribution < -0.4 is 11.1 Å². The molecule has 2 aromatic rings. The number of alkyl halides is 3. The number of ether oxygens (including phenoxy) is 1. The zero-order chi connectivity index (χ0) is 32.8. The van der Waals surface area contributed by atoms with Gasteiger partial charge in [-0.3, -0.25) is 24.0 Å². The zero-order valence-corrected chi connectivity index (χ0v) is 25.2. The molecule has 2 aromatic heterocycles. The van der Waals surface area contributed by atoms with E-state index in [1.807, 2.05) is 31.7 Å². The van der Waals surface area contributed by atoms with E-state index in [-0.39, 0.29) is 17.4 Å². The van der Waals surface area contributed by atoms with Gasteiger partial charge in [0.1, 0.15) is 11.7 Å². The predicted molar refractivity (Wildman–Crippen MR) is 151 cm³/mol. The second-order valence-corrected chi connectivity index (χ2v) is 9.86. The second-order valence-electron chi connectivity index (χ2n) is 9.86. The Morgan fingerprint density at radius 3 is 2.33 bits per heavy atom. The summed E-state index contributed by atoms with van der Waals surface area (Å²) >= 11 is 0. The van der Waals surface area contributed by atoms with Crippen molar-refractivity contribution in [3.63, 3.8) is 0 Å². The van der Waals surface area contributed by atoms with Gasteiger partial charge >= 0.3 is 12.1 Å². The van der Waals surface area contributed by atoms with E-state index in [9.17, 15) is 22.8 Å². The molecule has 11 nitrogen and oxygen atoms in total. The summed E-state index contributed by atoms with van der Waals surface area (Å²) < 4.78 is 38.8. The Morgan fingerprint density at radius 2 is 1.93 bits per heavy atom. The zero-order valence-electron chi connectivity index (χ0n) is 25.2. The number of aromatic nitrogens is 3. The summed E-state index contributed by atoms with van der Waals surface area (Å²) in [5.74, 6) is 1.02. The van der Waals surface area contributed by atoms with Crippen LogP contribution in [-0.2, 0) is 26.2 Å². The third kappa shape index (κ3) is 10.7. The summed E-state index contributed by atoms with van der Waals surface area (Å²) in [5.41, 5.74) is 5.75. The van der Waals surface area contributed by atoms with Crippen LogP contribution in [0, 0.1) is 35.0 Å². The third-order valence-corrected chi connectivity index (χ3v) is 6.53. The van der Waals surface area contributed by atoms with Crippen molar-refractivity contribution in [2.45, 2.75) is 66.3 Å². The molecule has 42 heavy (non-hydrogen) atoms. The fraction of sp³-hybridized carbons (Fsp3) is 0.571. The SMILES string of the molecule is C#Cc1nn(C)c2cncc(C(C#N)NC=O)c12.CC.CO[C@H](C)CC(=O)N1CC(C)C(C)(C)C1.NC(=O)C(F)(F)F. The van der Waals surface area contributed by atoms with Crippen LogP contribution in [0.25, 0.3) is 10.9 Å². The topological polar surface area (TPSA) is 156 Å². The quantitative estimate of drug-likeness (QED) is 0.384. The van der Waals surface area contributed by atoms with Crippen LogP contribution in [-0.4, -0.2) is 70.4 Å². The average molecular weight is 596 g/mol. The summed E-state index contributed by atoms with van der Waals surface area (Å²) in [6.45, 7) is 14.4. The fourth-order valence-corrected chi connectivity index (χ4v) is 3.75. The highest BCUT2D eigenvalue weighted by Crippen LogP contribution is 2.35. The van der Waals surface area contributed by atoms with Crippen molar-refractivity contribution in [2.75, 3.05) is 20.2 Å². The van der Waals surface area contributed by atoms with Gasteiger partial charge in [0.2, 0.25) is 12.3 Å². The number of nitrogens with zero attached hydrogens (tertiary/aromatic N) is 5. The summed E-state index contributed by atoms with van der Waals surface area (Å²) in [7, 11) is 3.39. The van der Waals surface area contributed by atoms with Crippen LogP contribution in [0.2, 0.25) is 0 Å². The molecule has 232 valence electrons. The molecule has 0 spiro atoms. The van der Waals surface area contributed by atoms with Gasteiger partial charge in [-0.15, -0.1) is 6.42 Å². The Balaban J connectivity index is 0.000000633. The number of terminal acetylenes is 1. The van der Waals surface area contributed by atoms with Crippen molar-refractivity contribution in [3.8, 4) is 18.4 Å². The van der Waals surface area contributed by atoms with Crippen molar-refractivity contribution in [2.24, 2.45) is 24.1 Å². The predicted octanol–water partition coefficient (Wildman–Crippen LogP) is 3.24. The largest absolute Gasteiger partial charge is 0.470 e. The van der Waals surface area contributed by atoms with Gasteiger partial charge in [0, 0.05) is 44.4 Å². The Morgan fingerprint density at radius 1 is 1.36 bits per heavy atom. The molecule has 1 aliphatic rings. The molecule has 0 saturated carbocycles. The van der Waals surface area contributed by atoms with E-state index in [4.69, 9.17) is 21.2 Å². The van der Waals surface area contributed by atoms with Crippen LogP contribution in [0.5, 0.6) is 0 Å². The van der Waals surface area contributed by atoms with Gasteiger partial charge in [-0.1, -0.05) is 34.6 Å². The van der Waals surface area contributed by atoms with E-state index in [0.29, 0.717) is 40.9 Å². The number of nitrogens with two attached hydrogens (primary N) is 1. The molecule has 14 heteroatoms. The number of aryl methyl sites for hydroxylation is 1. The highest BCUT2D eigenvalue weighted by atomic mass is 19.4. The van der Waals surface area contributed by atoms with Crippen LogP contribution in [0.1, 0.15) is 65.3 Å². The Kier molecular flexibility index (Phi) is 15.3. The molecular formula is C28H40F3N7O4. The van der Waals surface area contributed by atoms with E-state index in [1.54, 1.807) is 25.0 Å². The average Bonchev–Trinajstić information content (AvgIpc) is 3.42. The number of hydrogen-bond acceptors (Lipinski definition) is 7. The molecule has 3 atom stereocenters. The fourth-order valence-electron chi connectivity index (χ4n) is 3.75. The monoisotopic (exact) mass is 595 g/mol. The molecule has 2 unspecified atom stereocenters. The van der Waals surface area contributed by atoms with Gasteiger partial charge in [0.15, 0.2) is 0 Å². The smallest absolute Gasteiger partial charge is 0.381 e. The van der Waals surface area contributed by atoms with Gasteiger partial charge in [0.25, 0.3) is 0 Å². The first kappa shape index (κ1) is 37.8. The lowest BCUT2D eigenvalue weighted by molar-refractivity contribution is -0.169. The first-order valence-corrected chi connectivity index (χ1v) is 13.1. The number of primary amides is 1. The number of methoxy groups -OCH3 is 1. The van der Waals surface area contributed by atoms with Crippen molar-refractivity contribution >= 4 is 29.1 Å². The summed E-state index contributed by atoms with van der Waals surface area (Å²) in [6.07, 6.45) is 4.65. The third-order valence-electron chi connectivity index (χ3n) is 6.53. The standard InChI is InChI=1S/C12H9N5O.C12H23NO2.C2H2F3NO.C2H6/c1-3-9-12-8(10(4-13)15-7-18)5-14-6-11(12)17(2)16-9;1-9-7-13(8-12(9,3)4)11(14)6-10(2)15-5;3-2(4,5)1(6)7;1-2/h1,5-7,10H,2H3,(H,15,18);9-10H,6-8H2,1-5H3;(H2,6,7);1-2H3/t;9?,10-;;/m.1../s1. The molecule has 3 N–H and O–H groups in total. The lowest BCUT2D eigenvalue weighted by Crippen LogP contribution is -2.32. The number of pyridine rings is 1. The van der Waals surface area contributed by atoms with E-state index in [1.165, 1.54) is 6.20 Å². The van der Waals surface area contributed by atoms with E-state index < -0.39 is 18.1 Å². The lowest BCUT2D eigenvalue weighted by Gasteiger charge is -2.22. The van der Waals surface area contributed by atoms with Crippen LogP contribution >= 0.6 is 0 Å². The van der Waals surface area contributed by atoms with Gasteiger partial charge in [0.05, 0.1) is 30.3 Å². The summed E-state index contributed by atoms with van der Waals surface area (Å²) in [6, 6.07) is 1.19. The summed E-state index contributed by atoms with van der Waals surface area (Å²) in [4.78, 5) is 37.5. The number of amides is 3. The van der Waals surface area contributed by atoms with Crippen molar-refractivity contribution in [1.82, 2.24) is 25.0 Å². The van der Waals surface area contributed by atoms with E-state index in [2.05, 4.69) is 47.8 Å². The number of carbonyl (C=O) groups excluding carboxylic acids is 3. The highest BCUT2D eigenvalue weighted by molar-refractivity contribution is 5.88. The molecule has 0 bridgehead atoms. The molecule has 0 aliphatic carbocycles. The van der Waals surface area contributed by atoms with Crippen LogP contribution in [0.3, 0.4) is 0 Å². The van der Waals surface area contributed by atoms with Crippen molar-refractivity contribution in [1.29, 1.82) is 5.26 Å². The Labute approximate surface area is 244 Å². The number of fused-ring (bicyclic) bond motifs is 1. The normalized spacial score (nSPS) is 16.5. The molecule has 1 aliphatic heterocycles. The maximum atomic E-state index is 11.9. The highest BCUT2D eigenvalue weighted by Gasteiger charge is 2.38. The number of halogens is 3. The maximum absolute atomic E-state index is 11.9. The molecular weight excluding hydrogens is 555 g/mol. The number of nitrogens with one attached hydrogen (secondary N) is 1. The lowest BCUT2D eigenvalue weighted by atomic mass is 9.84. The van der Waals surface area contributed by atoms with Gasteiger partial charge < -0.3 is 20.7 Å². The van der Waals surface area contributed by atoms with Crippen molar-refractivity contribution < 1.29 is 32.3 Å². The first-order chi connectivity index (χ1) is 19.5. The molecule has 3 rings (SSSR count). The number of hydrogen-bond donors (Lipinski definition) is 2. The molecule has 1 fully saturated rings. The second kappa shape index (κ2) is 16.9.